The van der Waals surface area contributed by atoms with E-state index in [1.54, 1.807) is 11.3 Å². The molecule has 8 atom stereocenters. The molecule has 4 aliphatic rings. The summed E-state index contributed by atoms with van der Waals surface area (Å²) in [6, 6.07) is 0. The largest absolute Gasteiger partial charge is 0.390 e. The van der Waals surface area contributed by atoms with Gasteiger partial charge in [-0.25, -0.2) is 4.98 Å². The van der Waals surface area contributed by atoms with Gasteiger partial charge in [0.1, 0.15) is 5.78 Å². The van der Waals surface area contributed by atoms with Crippen LogP contribution < -0.4 is 0 Å². The molecule has 1 aromatic rings. The van der Waals surface area contributed by atoms with Crippen LogP contribution in [0.2, 0.25) is 0 Å². The maximum atomic E-state index is 13.2. The van der Waals surface area contributed by atoms with Gasteiger partial charge in [0, 0.05) is 17.5 Å². The quantitative estimate of drug-likeness (QED) is 0.690. The molecule has 0 aliphatic heterocycles. The van der Waals surface area contributed by atoms with E-state index in [9.17, 15) is 9.90 Å². The van der Waals surface area contributed by atoms with Crippen molar-refractivity contribution in [2.45, 2.75) is 90.1 Å². The van der Waals surface area contributed by atoms with Crippen molar-refractivity contribution < 1.29 is 9.90 Å². The molecule has 8 unspecified atom stereocenters. The summed E-state index contributed by atoms with van der Waals surface area (Å²) in [7, 11) is 0. The van der Waals surface area contributed by atoms with Gasteiger partial charge < -0.3 is 5.11 Å². The Morgan fingerprint density at radius 3 is 2.72 bits per heavy atom. The van der Waals surface area contributed by atoms with Crippen molar-refractivity contribution in [1.82, 2.24) is 4.98 Å². The van der Waals surface area contributed by atoms with Gasteiger partial charge in [-0.3, -0.25) is 4.79 Å². The number of carbonyl (C=O) groups is 1. The van der Waals surface area contributed by atoms with Gasteiger partial charge in [-0.15, -0.1) is 11.3 Å². The summed E-state index contributed by atoms with van der Waals surface area (Å²) in [5.41, 5.74) is -0.181. The van der Waals surface area contributed by atoms with E-state index in [2.05, 4.69) is 18.8 Å². The van der Waals surface area contributed by atoms with E-state index in [0.29, 0.717) is 12.2 Å². The molecule has 1 heterocycles. The third-order valence-corrected chi connectivity index (χ3v) is 10.7. The lowest BCUT2D eigenvalue weighted by molar-refractivity contribution is -0.132. The topological polar surface area (TPSA) is 50.2 Å². The second-order valence-corrected chi connectivity index (χ2v) is 12.0. The van der Waals surface area contributed by atoms with Gasteiger partial charge in [0.25, 0.3) is 0 Å². The summed E-state index contributed by atoms with van der Waals surface area (Å²) in [5.74, 6) is 4.66. The van der Waals surface area contributed by atoms with Crippen LogP contribution in [0.5, 0.6) is 0 Å². The van der Waals surface area contributed by atoms with Crippen LogP contribution in [-0.4, -0.2) is 21.5 Å². The molecule has 4 aliphatic carbocycles. The molecule has 0 spiro atoms. The highest BCUT2D eigenvalue weighted by atomic mass is 32.1. The zero-order valence-electron chi connectivity index (χ0n) is 18.1. The third kappa shape index (κ3) is 3.33. The van der Waals surface area contributed by atoms with Crippen LogP contribution in [0.15, 0.2) is 11.6 Å². The number of fused-ring (bicyclic) bond motifs is 5. The van der Waals surface area contributed by atoms with E-state index in [0.717, 1.165) is 60.3 Å². The fourth-order valence-electron chi connectivity index (χ4n) is 8.43. The van der Waals surface area contributed by atoms with Crippen LogP contribution in [0.4, 0.5) is 0 Å². The molecule has 1 aromatic heterocycles. The fraction of sp³-hybridized carbons (Fsp3) is 0.840. The second kappa shape index (κ2) is 7.44. The molecule has 1 N–H and O–H groups in total. The van der Waals surface area contributed by atoms with Gasteiger partial charge in [-0.2, -0.15) is 0 Å². The van der Waals surface area contributed by atoms with Crippen molar-refractivity contribution in [2.75, 3.05) is 0 Å². The summed E-state index contributed by atoms with van der Waals surface area (Å²) in [5, 5.41) is 13.8. The molecule has 0 saturated heterocycles. The number of rotatable bonds is 4. The Hall–Kier alpha value is -0.740. The Labute approximate surface area is 179 Å². The number of ketones is 1. The number of aliphatic hydroxyl groups is 1. The monoisotopic (exact) mass is 415 g/mol. The lowest BCUT2D eigenvalue weighted by Gasteiger charge is -2.57. The lowest BCUT2D eigenvalue weighted by atomic mass is 9.48. The predicted octanol–water partition coefficient (Wildman–Crippen LogP) is 5.66. The summed E-state index contributed by atoms with van der Waals surface area (Å²) in [6.07, 6.45) is 14.1. The average Bonchev–Trinajstić information content (AvgIpc) is 3.34. The van der Waals surface area contributed by atoms with Crippen LogP contribution in [-0.2, 0) is 11.2 Å². The van der Waals surface area contributed by atoms with Gasteiger partial charge in [-0.1, -0.05) is 13.8 Å². The van der Waals surface area contributed by atoms with Crippen LogP contribution in [0.3, 0.4) is 0 Å². The van der Waals surface area contributed by atoms with Crippen LogP contribution >= 0.6 is 11.3 Å². The first-order valence-corrected chi connectivity index (χ1v) is 12.9. The van der Waals surface area contributed by atoms with E-state index in [1.165, 1.54) is 38.5 Å². The molecule has 4 heteroatoms. The van der Waals surface area contributed by atoms with Crippen molar-refractivity contribution in [1.29, 1.82) is 0 Å². The molecule has 29 heavy (non-hydrogen) atoms. The molecular formula is C25H37NO2S. The van der Waals surface area contributed by atoms with Crippen molar-refractivity contribution in [3.63, 3.8) is 0 Å². The van der Waals surface area contributed by atoms with E-state index >= 15 is 0 Å². The smallest absolute Gasteiger partial charge is 0.143 e. The highest BCUT2D eigenvalue weighted by molar-refractivity contribution is 7.09. The number of aromatic nitrogens is 1. The van der Waals surface area contributed by atoms with Gasteiger partial charge in [0.2, 0.25) is 0 Å². The Morgan fingerprint density at radius 1 is 1.14 bits per heavy atom. The molecule has 4 saturated carbocycles. The molecule has 3 nitrogen and oxygen atoms in total. The first kappa shape index (κ1) is 20.2. The van der Waals surface area contributed by atoms with Gasteiger partial charge in [0.05, 0.1) is 17.0 Å². The minimum absolute atomic E-state index is 0.209. The Balaban J connectivity index is 1.31. The SMILES string of the molecule is CCC1(O)CCC2C(CCC3C2CCC2(C)C(C(=O)Cc4nccs4)CCC32)C1. The van der Waals surface area contributed by atoms with E-state index in [1.807, 2.05) is 11.6 Å². The lowest BCUT2D eigenvalue weighted by Crippen LogP contribution is -2.51. The summed E-state index contributed by atoms with van der Waals surface area (Å²) in [6.45, 7) is 4.60. The molecule has 0 radical (unpaired) electrons. The van der Waals surface area contributed by atoms with Crippen molar-refractivity contribution >= 4 is 17.1 Å². The first-order chi connectivity index (χ1) is 13.9. The fourth-order valence-corrected chi connectivity index (χ4v) is 9.05. The average molecular weight is 416 g/mol. The number of hydrogen-bond donors (Lipinski definition) is 1. The highest BCUT2D eigenvalue weighted by Crippen LogP contribution is 2.64. The van der Waals surface area contributed by atoms with Crippen molar-refractivity contribution in [2.24, 2.45) is 40.9 Å². The van der Waals surface area contributed by atoms with E-state index < -0.39 is 5.60 Å². The summed E-state index contributed by atoms with van der Waals surface area (Å²) in [4.78, 5) is 17.6. The highest BCUT2D eigenvalue weighted by Gasteiger charge is 2.58. The number of hydrogen-bond acceptors (Lipinski definition) is 4. The zero-order chi connectivity index (χ0) is 20.2. The van der Waals surface area contributed by atoms with Crippen LogP contribution in [0.25, 0.3) is 0 Å². The van der Waals surface area contributed by atoms with Gasteiger partial charge in [-0.05, 0) is 99.2 Å². The molecule has 0 bridgehead atoms. The van der Waals surface area contributed by atoms with Crippen LogP contribution in [0, 0.1) is 40.9 Å². The zero-order valence-corrected chi connectivity index (χ0v) is 18.9. The molecule has 0 amide bonds. The van der Waals surface area contributed by atoms with E-state index in [4.69, 9.17) is 0 Å². The molecule has 5 rings (SSSR count). The van der Waals surface area contributed by atoms with Gasteiger partial charge >= 0.3 is 0 Å². The van der Waals surface area contributed by atoms with Gasteiger partial charge in [0.15, 0.2) is 0 Å². The maximum absolute atomic E-state index is 13.2. The van der Waals surface area contributed by atoms with E-state index in [-0.39, 0.29) is 11.3 Å². The molecule has 0 aromatic carbocycles. The molecule has 4 fully saturated rings. The summed E-state index contributed by atoms with van der Waals surface area (Å²) >= 11 is 1.62. The number of carbonyl (C=O) groups excluding carboxylic acids is 1. The number of nitrogens with zero attached hydrogens (tertiary/aromatic N) is 1. The standard InChI is InChI=1S/C25H37NO2S/c1-3-25(28)11-9-17-16(15-25)4-5-19-18(17)8-10-24(2)20(19)6-7-21(24)22(27)14-23-26-12-13-29-23/h12-13,16-21,28H,3-11,14-15H2,1-2H3. The number of thiazole rings is 1. The van der Waals surface area contributed by atoms with Crippen molar-refractivity contribution in [3.8, 4) is 0 Å². The second-order valence-electron chi connectivity index (χ2n) is 11.0. The van der Waals surface area contributed by atoms with Crippen LogP contribution in [0.1, 0.15) is 83.1 Å². The van der Waals surface area contributed by atoms with Crippen molar-refractivity contribution in [3.05, 3.63) is 16.6 Å². The predicted molar refractivity (Wildman–Crippen MR) is 117 cm³/mol. The Kier molecular flexibility index (Phi) is 5.18. The minimum Gasteiger partial charge on any atom is -0.390 e. The maximum Gasteiger partial charge on any atom is 0.143 e. The third-order valence-electron chi connectivity index (χ3n) is 9.96. The minimum atomic E-state index is -0.391. The Bertz CT molecular complexity index is 748. The molecule has 160 valence electrons. The normalized spacial score (nSPS) is 46.6. The first-order valence-electron chi connectivity index (χ1n) is 12.1. The Morgan fingerprint density at radius 2 is 1.97 bits per heavy atom. The summed E-state index contributed by atoms with van der Waals surface area (Å²) < 4.78 is 0. The number of Topliss-reactive ketones (excluding diaryl/α,β-unsaturated/α-hetero) is 1. The molecular weight excluding hydrogens is 378 g/mol.